The lowest BCUT2D eigenvalue weighted by atomic mass is 10.3. The Hall–Kier alpha value is -1.10. The topological polar surface area (TPSA) is 81.4 Å². The van der Waals surface area contributed by atoms with Crippen molar-refractivity contribution in [1.29, 1.82) is 0 Å². The standard InChI is InChI=1S/C8H16N2O3/c1-5(13-7(3)11)4-10-8(12)6(2)9/h5-6H,4,9H2,1-3H3,(H,10,12). The van der Waals surface area contributed by atoms with Gasteiger partial charge in [0.1, 0.15) is 6.10 Å². The second kappa shape index (κ2) is 5.53. The number of esters is 1. The van der Waals surface area contributed by atoms with Crippen LogP contribution in [0, 0.1) is 0 Å². The monoisotopic (exact) mass is 188 g/mol. The quantitative estimate of drug-likeness (QED) is 0.577. The van der Waals surface area contributed by atoms with Crippen molar-refractivity contribution in [2.45, 2.75) is 32.9 Å². The maximum atomic E-state index is 11.0. The van der Waals surface area contributed by atoms with Crippen LogP contribution in [0.1, 0.15) is 20.8 Å². The molecule has 76 valence electrons. The molecule has 0 fully saturated rings. The van der Waals surface area contributed by atoms with Gasteiger partial charge in [-0.05, 0) is 13.8 Å². The van der Waals surface area contributed by atoms with Gasteiger partial charge in [-0.15, -0.1) is 0 Å². The van der Waals surface area contributed by atoms with Gasteiger partial charge in [0.05, 0.1) is 12.6 Å². The minimum atomic E-state index is -0.537. The first kappa shape index (κ1) is 11.9. The third-order valence-corrected chi connectivity index (χ3v) is 1.34. The van der Waals surface area contributed by atoms with E-state index in [1.807, 2.05) is 0 Å². The highest BCUT2D eigenvalue weighted by Gasteiger charge is 2.10. The molecule has 1 amide bonds. The van der Waals surface area contributed by atoms with Crippen LogP contribution in [0.5, 0.6) is 0 Å². The number of carbonyl (C=O) groups is 2. The summed E-state index contributed by atoms with van der Waals surface area (Å²) in [7, 11) is 0. The first-order valence-electron chi connectivity index (χ1n) is 4.14. The number of hydrogen-bond acceptors (Lipinski definition) is 4. The molecule has 3 N–H and O–H groups in total. The Bertz CT molecular complexity index is 192. The Kier molecular flexibility index (Phi) is 5.06. The molecule has 5 nitrogen and oxygen atoms in total. The second-order valence-electron chi connectivity index (χ2n) is 2.95. The van der Waals surface area contributed by atoms with Crippen molar-refractivity contribution in [2.24, 2.45) is 5.73 Å². The zero-order chi connectivity index (χ0) is 10.4. The van der Waals surface area contributed by atoms with Crippen LogP contribution in [0.3, 0.4) is 0 Å². The van der Waals surface area contributed by atoms with Gasteiger partial charge in [0.25, 0.3) is 0 Å². The molecule has 0 aliphatic rings. The summed E-state index contributed by atoms with van der Waals surface area (Å²) in [5.41, 5.74) is 5.30. The smallest absolute Gasteiger partial charge is 0.302 e. The minimum absolute atomic E-state index is 0.251. The molecule has 0 aliphatic heterocycles. The van der Waals surface area contributed by atoms with E-state index in [0.717, 1.165) is 0 Å². The second-order valence-corrected chi connectivity index (χ2v) is 2.95. The summed E-state index contributed by atoms with van der Waals surface area (Å²) >= 11 is 0. The van der Waals surface area contributed by atoms with E-state index in [2.05, 4.69) is 5.32 Å². The molecule has 13 heavy (non-hydrogen) atoms. The van der Waals surface area contributed by atoms with Crippen molar-refractivity contribution < 1.29 is 14.3 Å². The fraction of sp³-hybridized carbons (Fsp3) is 0.750. The van der Waals surface area contributed by atoms with Crippen molar-refractivity contribution in [3.8, 4) is 0 Å². The largest absolute Gasteiger partial charge is 0.461 e. The number of nitrogens with one attached hydrogen (secondary N) is 1. The molecule has 0 aliphatic carbocycles. The zero-order valence-corrected chi connectivity index (χ0v) is 8.16. The Morgan fingerprint density at radius 1 is 1.46 bits per heavy atom. The summed E-state index contributed by atoms with van der Waals surface area (Å²) in [4.78, 5) is 21.4. The average molecular weight is 188 g/mol. The van der Waals surface area contributed by atoms with E-state index in [4.69, 9.17) is 10.5 Å². The van der Waals surface area contributed by atoms with Crippen molar-refractivity contribution in [3.05, 3.63) is 0 Å². The fourth-order valence-electron chi connectivity index (χ4n) is 0.730. The molecule has 5 heteroatoms. The van der Waals surface area contributed by atoms with Crippen molar-refractivity contribution in [2.75, 3.05) is 6.54 Å². The molecule has 0 aromatic rings. The highest BCUT2D eigenvalue weighted by atomic mass is 16.5. The lowest BCUT2D eigenvalue weighted by Gasteiger charge is -2.13. The van der Waals surface area contributed by atoms with Crippen molar-refractivity contribution in [1.82, 2.24) is 5.32 Å². The van der Waals surface area contributed by atoms with E-state index in [9.17, 15) is 9.59 Å². The van der Waals surface area contributed by atoms with Crippen LogP contribution in [-0.2, 0) is 14.3 Å². The fourth-order valence-corrected chi connectivity index (χ4v) is 0.730. The molecule has 0 spiro atoms. The molecule has 0 aromatic heterocycles. The van der Waals surface area contributed by atoms with Crippen molar-refractivity contribution >= 4 is 11.9 Å². The van der Waals surface area contributed by atoms with Crippen LogP contribution in [-0.4, -0.2) is 30.6 Å². The van der Waals surface area contributed by atoms with Crippen LogP contribution in [0.25, 0.3) is 0 Å². The van der Waals surface area contributed by atoms with Gasteiger partial charge >= 0.3 is 5.97 Å². The van der Waals surface area contributed by atoms with Crippen LogP contribution >= 0.6 is 0 Å². The summed E-state index contributed by atoms with van der Waals surface area (Å²) in [6.45, 7) is 4.90. The van der Waals surface area contributed by atoms with E-state index >= 15 is 0 Å². The molecular weight excluding hydrogens is 172 g/mol. The Labute approximate surface area is 77.6 Å². The highest BCUT2D eigenvalue weighted by molar-refractivity contribution is 5.80. The van der Waals surface area contributed by atoms with E-state index < -0.39 is 6.04 Å². The Balaban J connectivity index is 3.63. The molecule has 0 bridgehead atoms. The van der Waals surface area contributed by atoms with E-state index in [1.165, 1.54) is 6.92 Å². The van der Waals surface area contributed by atoms with Gasteiger partial charge in [-0.25, -0.2) is 0 Å². The summed E-state index contributed by atoms with van der Waals surface area (Å²) in [6, 6.07) is -0.537. The van der Waals surface area contributed by atoms with Crippen molar-refractivity contribution in [3.63, 3.8) is 0 Å². The third-order valence-electron chi connectivity index (χ3n) is 1.34. The van der Waals surface area contributed by atoms with Gasteiger partial charge in [-0.1, -0.05) is 0 Å². The van der Waals surface area contributed by atoms with Crippen LogP contribution < -0.4 is 11.1 Å². The molecule has 0 rings (SSSR count). The van der Waals surface area contributed by atoms with Gasteiger partial charge in [0, 0.05) is 6.92 Å². The lowest BCUT2D eigenvalue weighted by molar-refractivity contribution is -0.145. The zero-order valence-electron chi connectivity index (χ0n) is 8.16. The van der Waals surface area contributed by atoms with Gasteiger partial charge in [-0.3, -0.25) is 9.59 Å². The predicted octanol–water partition coefficient (Wildman–Crippen LogP) is -0.599. The number of amides is 1. The summed E-state index contributed by atoms with van der Waals surface area (Å²) in [5.74, 6) is -0.610. The molecule has 2 atom stereocenters. The van der Waals surface area contributed by atoms with Crippen LogP contribution in [0.4, 0.5) is 0 Å². The summed E-state index contributed by atoms with van der Waals surface area (Å²) in [5, 5.41) is 2.55. The SMILES string of the molecule is CC(=O)OC(C)CNC(=O)C(C)N. The van der Waals surface area contributed by atoms with Crippen LogP contribution in [0.15, 0.2) is 0 Å². The Morgan fingerprint density at radius 2 is 2.00 bits per heavy atom. The molecule has 0 saturated carbocycles. The van der Waals surface area contributed by atoms with E-state index in [0.29, 0.717) is 6.54 Å². The van der Waals surface area contributed by atoms with Gasteiger partial charge in [0.2, 0.25) is 5.91 Å². The maximum absolute atomic E-state index is 11.0. The highest BCUT2D eigenvalue weighted by Crippen LogP contribution is 1.89. The first-order chi connectivity index (χ1) is 5.93. The number of hydrogen-bond donors (Lipinski definition) is 2. The minimum Gasteiger partial charge on any atom is -0.461 e. The predicted molar refractivity (Wildman–Crippen MR) is 47.9 cm³/mol. The lowest BCUT2D eigenvalue weighted by Crippen LogP contribution is -2.41. The Morgan fingerprint density at radius 3 is 2.38 bits per heavy atom. The number of nitrogens with two attached hydrogens (primary N) is 1. The number of rotatable bonds is 4. The normalized spacial score (nSPS) is 14.5. The molecular formula is C8H16N2O3. The summed E-state index contributed by atoms with van der Waals surface area (Å²) < 4.78 is 4.79. The summed E-state index contributed by atoms with van der Waals surface area (Å²) in [6.07, 6.45) is -0.319. The molecule has 0 radical (unpaired) electrons. The first-order valence-corrected chi connectivity index (χ1v) is 4.14. The molecule has 0 heterocycles. The van der Waals surface area contributed by atoms with E-state index in [-0.39, 0.29) is 18.0 Å². The molecule has 0 saturated heterocycles. The van der Waals surface area contributed by atoms with Gasteiger partial charge in [0.15, 0.2) is 0 Å². The van der Waals surface area contributed by atoms with E-state index in [1.54, 1.807) is 13.8 Å². The molecule has 0 aromatic carbocycles. The number of carbonyl (C=O) groups excluding carboxylic acids is 2. The average Bonchev–Trinajstić information content (AvgIpc) is 1.98. The molecule has 2 unspecified atom stereocenters. The number of ether oxygens (including phenoxy) is 1. The van der Waals surface area contributed by atoms with Gasteiger partial charge in [-0.2, -0.15) is 0 Å². The van der Waals surface area contributed by atoms with Crippen LogP contribution in [0.2, 0.25) is 0 Å². The third kappa shape index (κ3) is 6.10. The maximum Gasteiger partial charge on any atom is 0.302 e. The van der Waals surface area contributed by atoms with Gasteiger partial charge < -0.3 is 15.8 Å².